The van der Waals surface area contributed by atoms with Gasteiger partial charge in [-0.05, 0) is 23.3 Å². The summed E-state index contributed by atoms with van der Waals surface area (Å²) in [6.45, 7) is 0. The highest BCUT2D eigenvalue weighted by atomic mass is 32.1. The number of thiophene rings is 1. The number of hydrogen-bond acceptors (Lipinski definition) is 2. The van der Waals surface area contributed by atoms with Gasteiger partial charge < -0.3 is 4.42 Å². The Balaban J connectivity index is 1.46. The number of benzene rings is 5. The summed E-state index contributed by atoms with van der Waals surface area (Å²) >= 11 is 1.84. The lowest BCUT2D eigenvalue weighted by Crippen LogP contribution is -1.83. The Morgan fingerprint density at radius 3 is 1.85 bits per heavy atom. The van der Waals surface area contributed by atoms with E-state index < -0.39 is 0 Å². The van der Waals surface area contributed by atoms with Crippen LogP contribution in [0.25, 0.3) is 64.7 Å². The molecule has 0 bridgehead atoms. The summed E-state index contributed by atoms with van der Waals surface area (Å²) in [5.74, 6) is 1.84. The van der Waals surface area contributed by atoms with Crippen molar-refractivity contribution in [3.63, 3.8) is 0 Å². The minimum atomic E-state index is 0.918. The van der Waals surface area contributed by atoms with E-state index in [1.165, 1.54) is 31.3 Å². The smallest absolute Gasteiger partial charge is 0.143 e. The molecule has 1 nitrogen and oxygen atoms in total. The molecule has 0 amide bonds. The summed E-state index contributed by atoms with van der Waals surface area (Å²) in [5, 5.41) is 4.89. The highest BCUT2D eigenvalue weighted by Crippen LogP contribution is 2.44. The molecule has 0 aliphatic carbocycles. The summed E-state index contributed by atoms with van der Waals surface area (Å²) in [4.78, 5) is 0. The van der Waals surface area contributed by atoms with Crippen LogP contribution in [0.15, 0.2) is 126 Å². The molecule has 7 rings (SSSR count). The van der Waals surface area contributed by atoms with E-state index in [1.54, 1.807) is 0 Å². The van der Waals surface area contributed by atoms with Gasteiger partial charge in [-0.1, -0.05) is 109 Å². The van der Waals surface area contributed by atoms with Crippen LogP contribution < -0.4 is 0 Å². The number of fused-ring (bicyclic) bond motifs is 4. The van der Waals surface area contributed by atoms with Gasteiger partial charge >= 0.3 is 0 Å². The van der Waals surface area contributed by atoms with Crippen molar-refractivity contribution in [1.29, 1.82) is 0 Å². The van der Waals surface area contributed by atoms with Crippen molar-refractivity contribution < 1.29 is 4.42 Å². The van der Waals surface area contributed by atoms with Gasteiger partial charge in [0, 0.05) is 42.1 Å². The minimum Gasteiger partial charge on any atom is -0.455 e. The topological polar surface area (TPSA) is 13.1 Å². The first-order valence-corrected chi connectivity index (χ1v) is 12.3. The molecule has 5 aromatic carbocycles. The Morgan fingerprint density at radius 1 is 0.412 bits per heavy atom. The van der Waals surface area contributed by atoms with Crippen molar-refractivity contribution in [2.45, 2.75) is 0 Å². The van der Waals surface area contributed by atoms with Gasteiger partial charge in [-0.2, -0.15) is 0 Å². The van der Waals surface area contributed by atoms with Gasteiger partial charge in [0.05, 0.1) is 0 Å². The fourth-order valence-electron chi connectivity index (χ4n) is 4.92. The van der Waals surface area contributed by atoms with Crippen LogP contribution in [0.1, 0.15) is 0 Å². The Morgan fingerprint density at radius 2 is 1.03 bits per heavy atom. The predicted octanol–water partition coefficient (Wildman–Crippen LogP) is 9.80. The first-order valence-electron chi connectivity index (χ1n) is 11.4. The van der Waals surface area contributed by atoms with Crippen LogP contribution in [0.4, 0.5) is 0 Å². The molecule has 0 aliphatic rings. The summed E-state index contributed by atoms with van der Waals surface area (Å²) < 4.78 is 9.33. The van der Waals surface area contributed by atoms with Crippen molar-refractivity contribution >= 4 is 42.3 Å². The lowest BCUT2D eigenvalue weighted by atomic mass is 9.96. The molecular formula is C32H20OS. The van der Waals surface area contributed by atoms with Crippen LogP contribution in [0.3, 0.4) is 0 Å². The van der Waals surface area contributed by atoms with Gasteiger partial charge in [0.1, 0.15) is 11.5 Å². The standard InChI is InChI=1S/C32H20OS/c1-2-10-21(11-3-1)23-12-4-5-14-26(23)32-28-16-7-6-15-27(28)31(33-32)22-18-19-25-24-13-8-9-17-29(24)34-30(25)20-22/h1-20H. The molecule has 0 spiro atoms. The summed E-state index contributed by atoms with van der Waals surface area (Å²) in [7, 11) is 0. The highest BCUT2D eigenvalue weighted by molar-refractivity contribution is 7.25. The van der Waals surface area contributed by atoms with E-state index in [9.17, 15) is 0 Å². The van der Waals surface area contributed by atoms with Gasteiger partial charge in [0.15, 0.2) is 0 Å². The molecular weight excluding hydrogens is 432 g/mol. The van der Waals surface area contributed by atoms with E-state index in [4.69, 9.17) is 4.42 Å². The second kappa shape index (κ2) is 7.72. The molecule has 0 saturated carbocycles. The molecule has 2 heterocycles. The summed E-state index contributed by atoms with van der Waals surface area (Å²) in [5.41, 5.74) is 4.58. The Bertz CT molecular complexity index is 1800. The van der Waals surface area contributed by atoms with Crippen LogP contribution in [0.2, 0.25) is 0 Å². The largest absolute Gasteiger partial charge is 0.455 e. The quantitative estimate of drug-likeness (QED) is 0.260. The third-order valence-corrected chi connectivity index (χ3v) is 7.65. The second-order valence-corrected chi connectivity index (χ2v) is 9.61. The normalized spacial score (nSPS) is 11.5. The first kappa shape index (κ1) is 19.3. The summed E-state index contributed by atoms with van der Waals surface area (Å²) in [6, 6.07) is 42.9. The molecule has 0 radical (unpaired) electrons. The monoisotopic (exact) mass is 452 g/mol. The zero-order valence-corrected chi connectivity index (χ0v) is 19.2. The van der Waals surface area contributed by atoms with Crippen LogP contribution in [0, 0.1) is 0 Å². The average molecular weight is 453 g/mol. The van der Waals surface area contributed by atoms with E-state index in [1.807, 2.05) is 11.3 Å². The fraction of sp³-hybridized carbons (Fsp3) is 0. The minimum absolute atomic E-state index is 0.918. The van der Waals surface area contributed by atoms with Crippen LogP contribution in [-0.4, -0.2) is 0 Å². The first-order chi connectivity index (χ1) is 16.9. The molecule has 160 valence electrons. The number of furan rings is 1. The van der Waals surface area contributed by atoms with Gasteiger partial charge in [0.2, 0.25) is 0 Å². The van der Waals surface area contributed by atoms with E-state index in [0.717, 1.165) is 33.4 Å². The maximum absolute atomic E-state index is 6.73. The fourth-order valence-corrected chi connectivity index (χ4v) is 6.07. The van der Waals surface area contributed by atoms with E-state index >= 15 is 0 Å². The van der Waals surface area contributed by atoms with Gasteiger partial charge in [-0.25, -0.2) is 0 Å². The molecule has 0 aliphatic heterocycles. The SMILES string of the molecule is c1ccc(-c2ccccc2-c2oc(-c3ccc4c(c3)sc3ccccc34)c3ccccc23)cc1. The van der Waals surface area contributed by atoms with Crippen molar-refractivity contribution in [2.75, 3.05) is 0 Å². The van der Waals surface area contributed by atoms with Gasteiger partial charge in [0.25, 0.3) is 0 Å². The Kier molecular flexibility index (Phi) is 4.39. The lowest BCUT2D eigenvalue weighted by Gasteiger charge is -2.08. The lowest BCUT2D eigenvalue weighted by molar-refractivity contribution is 0.602. The van der Waals surface area contributed by atoms with Crippen LogP contribution >= 0.6 is 11.3 Å². The van der Waals surface area contributed by atoms with Crippen molar-refractivity contribution in [3.8, 4) is 33.8 Å². The van der Waals surface area contributed by atoms with E-state index in [-0.39, 0.29) is 0 Å². The zero-order valence-electron chi connectivity index (χ0n) is 18.4. The van der Waals surface area contributed by atoms with Crippen LogP contribution in [0.5, 0.6) is 0 Å². The molecule has 7 aromatic rings. The molecule has 2 heteroatoms. The average Bonchev–Trinajstić information content (AvgIpc) is 3.47. The van der Waals surface area contributed by atoms with Crippen molar-refractivity contribution in [3.05, 3.63) is 121 Å². The maximum atomic E-state index is 6.73. The predicted molar refractivity (Wildman–Crippen MR) is 145 cm³/mol. The summed E-state index contributed by atoms with van der Waals surface area (Å²) in [6.07, 6.45) is 0. The molecule has 0 fully saturated rings. The number of rotatable bonds is 3. The Hall–Kier alpha value is -4.14. The molecule has 0 atom stereocenters. The van der Waals surface area contributed by atoms with Crippen molar-refractivity contribution in [1.82, 2.24) is 0 Å². The molecule has 0 N–H and O–H groups in total. The molecule has 2 aromatic heterocycles. The van der Waals surface area contributed by atoms with Crippen molar-refractivity contribution in [2.24, 2.45) is 0 Å². The van der Waals surface area contributed by atoms with Crippen LogP contribution in [-0.2, 0) is 0 Å². The number of hydrogen-bond donors (Lipinski definition) is 0. The third kappa shape index (κ3) is 3.00. The van der Waals surface area contributed by atoms with Gasteiger partial charge in [-0.3, -0.25) is 0 Å². The van der Waals surface area contributed by atoms with E-state index in [2.05, 4.69) is 121 Å². The Labute approximate surface area is 201 Å². The second-order valence-electron chi connectivity index (χ2n) is 8.53. The highest BCUT2D eigenvalue weighted by Gasteiger charge is 2.19. The maximum Gasteiger partial charge on any atom is 0.143 e. The van der Waals surface area contributed by atoms with Gasteiger partial charge in [-0.15, -0.1) is 11.3 Å². The van der Waals surface area contributed by atoms with E-state index in [0.29, 0.717) is 0 Å². The molecule has 34 heavy (non-hydrogen) atoms. The molecule has 0 unspecified atom stereocenters. The zero-order chi connectivity index (χ0) is 22.5. The molecule has 0 saturated heterocycles. The third-order valence-electron chi connectivity index (χ3n) is 6.52.